The van der Waals surface area contributed by atoms with Crippen molar-refractivity contribution >= 4 is 5.91 Å². The summed E-state index contributed by atoms with van der Waals surface area (Å²) in [5.74, 6) is 6.00. The zero-order valence-electron chi connectivity index (χ0n) is 11.8. The van der Waals surface area contributed by atoms with Gasteiger partial charge in [0.2, 0.25) is 0 Å². The van der Waals surface area contributed by atoms with E-state index in [2.05, 4.69) is 11.8 Å². The second kappa shape index (κ2) is 6.44. The Bertz CT molecular complexity index is 553. The number of nitrogens with zero attached hydrogens (tertiary/aromatic N) is 1. The van der Waals surface area contributed by atoms with Crippen LogP contribution in [0, 0.1) is 11.8 Å². The second-order valence-electron chi connectivity index (χ2n) is 4.88. The number of carbonyl (C=O) groups excluding carboxylic acids is 1. The Balaban J connectivity index is 2.25. The fraction of sp³-hybridized carbons (Fsp3) is 0.438. The molecule has 1 aromatic carbocycles. The van der Waals surface area contributed by atoms with Gasteiger partial charge in [-0.25, -0.2) is 0 Å². The molecule has 1 aliphatic carbocycles. The molecule has 20 heavy (non-hydrogen) atoms. The average Bonchev–Trinajstić information content (AvgIpc) is 2.42. The van der Waals surface area contributed by atoms with Crippen molar-refractivity contribution in [3.05, 3.63) is 29.3 Å². The predicted molar refractivity (Wildman–Crippen MR) is 76.7 cm³/mol. The Hall–Kier alpha value is -1.99. The van der Waals surface area contributed by atoms with Crippen LogP contribution in [0.3, 0.4) is 0 Å². The van der Waals surface area contributed by atoms with Gasteiger partial charge in [0, 0.05) is 18.7 Å². The fourth-order valence-corrected chi connectivity index (χ4v) is 2.22. The quantitative estimate of drug-likeness (QED) is 0.852. The molecule has 1 saturated carbocycles. The molecule has 0 unspecified atom stereocenters. The molecule has 0 heterocycles. The number of amides is 1. The van der Waals surface area contributed by atoms with Gasteiger partial charge in [-0.15, -0.1) is 0 Å². The van der Waals surface area contributed by atoms with Gasteiger partial charge in [-0.1, -0.05) is 11.8 Å². The number of aliphatic hydroxyl groups excluding tert-OH is 1. The van der Waals surface area contributed by atoms with Crippen LogP contribution >= 0.6 is 0 Å². The van der Waals surface area contributed by atoms with Crippen LogP contribution in [-0.2, 0) is 0 Å². The highest BCUT2D eigenvalue weighted by molar-refractivity contribution is 5.95. The van der Waals surface area contributed by atoms with Crippen molar-refractivity contribution < 1.29 is 14.6 Å². The van der Waals surface area contributed by atoms with E-state index in [1.807, 2.05) is 7.05 Å². The minimum Gasteiger partial charge on any atom is -0.495 e. The van der Waals surface area contributed by atoms with Gasteiger partial charge < -0.3 is 14.7 Å². The number of hydrogen-bond donors (Lipinski definition) is 1. The molecule has 0 bridgehead atoms. The molecule has 0 aromatic heterocycles. The van der Waals surface area contributed by atoms with Gasteiger partial charge in [-0.05, 0) is 37.5 Å². The van der Waals surface area contributed by atoms with Crippen LogP contribution in [0.4, 0.5) is 0 Å². The molecule has 0 radical (unpaired) electrons. The normalized spacial score (nSPS) is 13.9. The maximum atomic E-state index is 12.4. The summed E-state index contributed by atoms with van der Waals surface area (Å²) in [7, 11) is 3.40. The van der Waals surface area contributed by atoms with Crippen LogP contribution in [0.15, 0.2) is 18.2 Å². The van der Waals surface area contributed by atoms with Crippen molar-refractivity contribution in [3.8, 4) is 17.6 Å². The first kappa shape index (κ1) is 14.4. The molecule has 1 aromatic rings. The molecule has 4 heteroatoms. The van der Waals surface area contributed by atoms with Crippen molar-refractivity contribution in [2.45, 2.75) is 25.3 Å². The zero-order chi connectivity index (χ0) is 14.5. The number of hydrogen-bond acceptors (Lipinski definition) is 3. The Morgan fingerprint density at radius 1 is 1.50 bits per heavy atom. The molecule has 106 valence electrons. The van der Waals surface area contributed by atoms with Crippen molar-refractivity contribution in [1.82, 2.24) is 4.90 Å². The van der Waals surface area contributed by atoms with Crippen molar-refractivity contribution in [1.29, 1.82) is 0 Å². The summed E-state index contributed by atoms with van der Waals surface area (Å²) in [6.07, 6.45) is 3.35. The molecule has 1 N–H and O–H groups in total. The Labute approximate surface area is 119 Å². The highest BCUT2D eigenvalue weighted by Gasteiger charge is 2.26. The first-order valence-corrected chi connectivity index (χ1v) is 6.72. The molecule has 0 atom stereocenters. The van der Waals surface area contributed by atoms with Crippen molar-refractivity contribution in [2.24, 2.45) is 0 Å². The zero-order valence-corrected chi connectivity index (χ0v) is 11.8. The van der Waals surface area contributed by atoms with Crippen LogP contribution in [0.5, 0.6) is 5.75 Å². The molecule has 1 aliphatic rings. The summed E-state index contributed by atoms with van der Waals surface area (Å²) in [5, 5.41) is 8.78. The third-order valence-corrected chi connectivity index (χ3v) is 3.69. The molecule has 0 spiro atoms. The summed E-state index contributed by atoms with van der Waals surface area (Å²) in [6.45, 7) is -0.219. The lowest BCUT2D eigenvalue weighted by Gasteiger charge is -2.34. The number of benzene rings is 1. The molecule has 1 amide bonds. The van der Waals surface area contributed by atoms with Crippen LogP contribution < -0.4 is 4.74 Å². The van der Waals surface area contributed by atoms with E-state index in [1.165, 1.54) is 6.42 Å². The Morgan fingerprint density at radius 3 is 2.80 bits per heavy atom. The molecular weight excluding hydrogens is 254 g/mol. The maximum Gasteiger partial charge on any atom is 0.253 e. The number of aliphatic hydroxyl groups is 1. The highest BCUT2D eigenvalue weighted by Crippen LogP contribution is 2.26. The topological polar surface area (TPSA) is 49.8 Å². The van der Waals surface area contributed by atoms with Gasteiger partial charge in [0.1, 0.15) is 12.4 Å². The van der Waals surface area contributed by atoms with E-state index >= 15 is 0 Å². The van der Waals surface area contributed by atoms with Gasteiger partial charge in [0.15, 0.2) is 0 Å². The molecule has 4 nitrogen and oxygen atoms in total. The lowest BCUT2D eigenvalue weighted by atomic mass is 9.91. The monoisotopic (exact) mass is 273 g/mol. The van der Waals surface area contributed by atoms with E-state index in [0.717, 1.165) is 12.8 Å². The van der Waals surface area contributed by atoms with Gasteiger partial charge in [0.05, 0.1) is 12.7 Å². The average molecular weight is 273 g/mol. The summed E-state index contributed by atoms with van der Waals surface area (Å²) in [6, 6.07) is 5.57. The molecular formula is C16H19NO3. The van der Waals surface area contributed by atoms with Crippen molar-refractivity contribution in [3.63, 3.8) is 0 Å². The van der Waals surface area contributed by atoms with E-state index in [9.17, 15) is 4.79 Å². The molecule has 2 rings (SSSR count). The Morgan fingerprint density at radius 2 is 2.25 bits per heavy atom. The van der Waals surface area contributed by atoms with Gasteiger partial charge >= 0.3 is 0 Å². The number of ether oxygens (including phenoxy) is 1. The van der Waals surface area contributed by atoms with Gasteiger partial charge in [0.25, 0.3) is 5.91 Å². The maximum absolute atomic E-state index is 12.4. The number of carbonyl (C=O) groups is 1. The molecule has 0 aliphatic heterocycles. The molecule has 1 fully saturated rings. The van der Waals surface area contributed by atoms with Crippen LogP contribution in [0.25, 0.3) is 0 Å². The van der Waals surface area contributed by atoms with Crippen LogP contribution in [0.2, 0.25) is 0 Å². The minimum atomic E-state index is -0.219. The first-order valence-electron chi connectivity index (χ1n) is 6.72. The smallest absolute Gasteiger partial charge is 0.253 e. The third kappa shape index (κ3) is 2.94. The predicted octanol–water partition coefficient (Wildman–Crippen LogP) is 1.66. The van der Waals surface area contributed by atoms with Crippen LogP contribution in [-0.4, -0.2) is 42.7 Å². The summed E-state index contributed by atoms with van der Waals surface area (Å²) < 4.78 is 5.21. The van der Waals surface area contributed by atoms with E-state index in [-0.39, 0.29) is 12.5 Å². The summed E-state index contributed by atoms with van der Waals surface area (Å²) in [4.78, 5) is 14.2. The number of rotatable bonds is 3. The van der Waals surface area contributed by atoms with Crippen LogP contribution in [0.1, 0.15) is 35.2 Å². The van der Waals surface area contributed by atoms with Gasteiger partial charge in [-0.2, -0.15) is 0 Å². The van der Waals surface area contributed by atoms with Gasteiger partial charge in [-0.3, -0.25) is 4.79 Å². The first-order chi connectivity index (χ1) is 9.67. The standard InChI is InChI=1S/C16H19NO3/c1-17(14-6-3-7-14)16(19)13-8-9-15(20-2)12(11-13)5-4-10-18/h8-9,11,14,18H,3,6-7,10H2,1-2H3. The summed E-state index contributed by atoms with van der Waals surface area (Å²) >= 11 is 0. The van der Waals surface area contributed by atoms with E-state index in [4.69, 9.17) is 9.84 Å². The lowest BCUT2D eigenvalue weighted by Crippen LogP contribution is -2.41. The Kier molecular flexibility index (Phi) is 4.65. The third-order valence-electron chi connectivity index (χ3n) is 3.69. The van der Waals surface area contributed by atoms with E-state index in [1.54, 1.807) is 30.2 Å². The summed E-state index contributed by atoms with van der Waals surface area (Å²) in [5.41, 5.74) is 1.22. The largest absolute Gasteiger partial charge is 0.495 e. The lowest BCUT2D eigenvalue weighted by molar-refractivity contribution is 0.0652. The van der Waals surface area contributed by atoms with E-state index in [0.29, 0.717) is 22.9 Å². The highest BCUT2D eigenvalue weighted by atomic mass is 16.5. The minimum absolute atomic E-state index is 0.00408. The SMILES string of the molecule is COc1ccc(C(=O)N(C)C2CCC2)cc1C#CCO. The van der Waals surface area contributed by atoms with Crippen molar-refractivity contribution in [2.75, 3.05) is 20.8 Å². The van der Waals surface area contributed by atoms with E-state index < -0.39 is 0 Å². The fourth-order valence-electron chi connectivity index (χ4n) is 2.22. The second-order valence-corrected chi connectivity index (χ2v) is 4.88. The number of methoxy groups -OCH3 is 1. The molecule has 0 saturated heterocycles.